The molecule has 0 saturated carbocycles. The minimum atomic E-state index is -3.75. The van der Waals surface area contributed by atoms with Gasteiger partial charge in [0, 0.05) is 32.2 Å². The van der Waals surface area contributed by atoms with Gasteiger partial charge in [-0.05, 0) is 30.3 Å². The third-order valence-corrected chi connectivity index (χ3v) is 7.12. The lowest BCUT2D eigenvalue weighted by atomic mass is 10.1. The Labute approximate surface area is 173 Å². The van der Waals surface area contributed by atoms with Crippen LogP contribution in [0, 0.1) is 0 Å². The molecule has 0 unspecified atom stereocenters. The van der Waals surface area contributed by atoms with E-state index in [9.17, 15) is 18.3 Å². The number of carbonyl (C=O) groups excluding carboxylic acids is 1. The number of phenols is 1. The largest absolute Gasteiger partial charge is 0.507 e. The molecule has 1 saturated heterocycles. The number of carbonyl (C=O) groups is 1. The number of halogens is 2. The average molecular weight is 445 g/mol. The van der Waals surface area contributed by atoms with E-state index in [1.54, 1.807) is 6.07 Å². The lowest BCUT2D eigenvalue weighted by Crippen LogP contribution is -2.50. The molecule has 1 aliphatic heterocycles. The minimum Gasteiger partial charge on any atom is -0.507 e. The maximum atomic E-state index is 12.8. The Kier molecular flexibility index (Phi) is 6.04. The van der Waals surface area contributed by atoms with Crippen LogP contribution in [0.25, 0.3) is 0 Å². The van der Waals surface area contributed by atoms with Crippen LogP contribution in [0.4, 0.5) is 0 Å². The van der Waals surface area contributed by atoms with Crippen LogP contribution in [-0.4, -0.2) is 61.9 Å². The predicted octanol–water partition coefficient (Wildman–Crippen LogP) is 2.85. The molecule has 0 spiro atoms. The molecule has 0 aromatic heterocycles. The summed E-state index contributed by atoms with van der Waals surface area (Å²) in [6.07, 6.45) is 0. The molecular formula is C18H18Cl2N2O5S. The highest BCUT2D eigenvalue weighted by molar-refractivity contribution is 7.89. The van der Waals surface area contributed by atoms with Crippen LogP contribution >= 0.6 is 23.2 Å². The highest BCUT2D eigenvalue weighted by Gasteiger charge is 2.31. The molecule has 0 radical (unpaired) electrons. The standard InChI is InChI=1S/C18H18Cl2N2O5S/c1-27-12-2-4-14(17(23)10-12)18(24)21-6-8-22(9-7-21)28(25,26)13-3-5-15(19)16(20)11-13/h2-5,10-11,23H,6-9H2,1H3. The number of sulfonamides is 1. The monoisotopic (exact) mass is 444 g/mol. The summed E-state index contributed by atoms with van der Waals surface area (Å²) in [6.45, 7) is 0.659. The Balaban J connectivity index is 1.71. The summed E-state index contributed by atoms with van der Waals surface area (Å²) >= 11 is 11.8. The van der Waals surface area contributed by atoms with Crippen LogP contribution in [0.1, 0.15) is 10.4 Å². The molecule has 1 fully saturated rings. The number of hydrogen-bond donors (Lipinski definition) is 1. The number of phenolic OH excluding ortho intramolecular Hbond substituents is 1. The van der Waals surface area contributed by atoms with Gasteiger partial charge in [-0.15, -0.1) is 0 Å². The number of methoxy groups -OCH3 is 1. The maximum Gasteiger partial charge on any atom is 0.257 e. The number of amides is 1. The van der Waals surface area contributed by atoms with Crippen molar-refractivity contribution >= 4 is 39.1 Å². The SMILES string of the molecule is COc1ccc(C(=O)N2CCN(S(=O)(=O)c3ccc(Cl)c(Cl)c3)CC2)c(O)c1. The number of piperazine rings is 1. The second-order valence-corrected chi connectivity index (χ2v) is 8.91. The fourth-order valence-corrected chi connectivity index (χ4v) is 4.72. The number of hydrogen-bond acceptors (Lipinski definition) is 5. The van der Waals surface area contributed by atoms with Crippen LogP contribution in [0.2, 0.25) is 10.0 Å². The first-order chi connectivity index (χ1) is 13.2. The number of aromatic hydroxyl groups is 1. The Morgan fingerprint density at radius 2 is 1.71 bits per heavy atom. The Morgan fingerprint density at radius 1 is 1.04 bits per heavy atom. The first kappa shape index (κ1) is 20.7. The fourth-order valence-electron chi connectivity index (χ4n) is 2.91. The van der Waals surface area contributed by atoms with E-state index in [4.69, 9.17) is 27.9 Å². The average Bonchev–Trinajstić information content (AvgIpc) is 2.69. The van der Waals surface area contributed by atoms with Gasteiger partial charge >= 0.3 is 0 Å². The number of rotatable bonds is 4. The van der Waals surface area contributed by atoms with Gasteiger partial charge in [0.15, 0.2) is 0 Å². The molecule has 1 aliphatic rings. The predicted molar refractivity (Wildman–Crippen MR) is 106 cm³/mol. The number of ether oxygens (including phenoxy) is 1. The van der Waals surface area contributed by atoms with E-state index in [0.29, 0.717) is 5.75 Å². The zero-order valence-electron chi connectivity index (χ0n) is 14.9. The van der Waals surface area contributed by atoms with E-state index >= 15 is 0 Å². The van der Waals surface area contributed by atoms with E-state index in [-0.39, 0.29) is 58.3 Å². The van der Waals surface area contributed by atoms with Gasteiger partial charge in [0.1, 0.15) is 11.5 Å². The van der Waals surface area contributed by atoms with Gasteiger partial charge in [0.25, 0.3) is 5.91 Å². The summed E-state index contributed by atoms with van der Waals surface area (Å²) in [7, 11) is -2.28. The van der Waals surface area contributed by atoms with Gasteiger partial charge in [-0.2, -0.15) is 4.31 Å². The Hall–Kier alpha value is -2.00. The molecule has 28 heavy (non-hydrogen) atoms. The van der Waals surface area contributed by atoms with Crippen molar-refractivity contribution < 1.29 is 23.1 Å². The lowest BCUT2D eigenvalue weighted by molar-refractivity contribution is 0.0695. The van der Waals surface area contributed by atoms with Crippen LogP contribution in [0.5, 0.6) is 11.5 Å². The van der Waals surface area contributed by atoms with E-state index in [1.807, 2.05) is 0 Å². The van der Waals surface area contributed by atoms with Crippen molar-refractivity contribution in [3.05, 3.63) is 52.0 Å². The van der Waals surface area contributed by atoms with Crippen molar-refractivity contribution in [1.29, 1.82) is 0 Å². The summed E-state index contributed by atoms with van der Waals surface area (Å²) in [5, 5.41) is 10.5. The van der Waals surface area contributed by atoms with Crippen molar-refractivity contribution in [2.75, 3.05) is 33.3 Å². The summed E-state index contributed by atoms with van der Waals surface area (Å²) < 4.78 is 31.9. The fraction of sp³-hybridized carbons (Fsp3) is 0.278. The second kappa shape index (κ2) is 8.16. The molecule has 10 heteroatoms. The van der Waals surface area contributed by atoms with Crippen molar-refractivity contribution in [3.63, 3.8) is 0 Å². The first-order valence-corrected chi connectivity index (χ1v) is 10.5. The zero-order valence-corrected chi connectivity index (χ0v) is 17.3. The smallest absolute Gasteiger partial charge is 0.257 e. The molecule has 1 amide bonds. The van der Waals surface area contributed by atoms with Gasteiger partial charge in [-0.1, -0.05) is 23.2 Å². The van der Waals surface area contributed by atoms with Crippen molar-refractivity contribution in [3.8, 4) is 11.5 Å². The molecule has 7 nitrogen and oxygen atoms in total. The molecule has 150 valence electrons. The van der Waals surface area contributed by atoms with Gasteiger partial charge in [-0.3, -0.25) is 4.79 Å². The molecule has 2 aromatic rings. The lowest BCUT2D eigenvalue weighted by Gasteiger charge is -2.34. The van der Waals surface area contributed by atoms with Gasteiger partial charge in [-0.25, -0.2) is 8.42 Å². The molecule has 2 aromatic carbocycles. The quantitative estimate of drug-likeness (QED) is 0.782. The van der Waals surface area contributed by atoms with Crippen LogP contribution in [-0.2, 0) is 10.0 Å². The molecule has 1 heterocycles. The normalized spacial score (nSPS) is 15.5. The molecular weight excluding hydrogens is 427 g/mol. The van der Waals surface area contributed by atoms with Gasteiger partial charge < -0.3 is 14.7 Å². The highest BCUT2D eigenvalue weighted by Crippen LogP contribution is 2.28. The van der Waals surface area contributed by atoms with Crippen molar-refractivity contribution in [2.45, 2.75) is 4.90 Å². The third-order valence-electron chi connectivity index (χ3n) is 4.49. The molecule has 0 aliphatic carbocycles. The number of benzene rings is 2. The van der Waals surface area contributed by atoms with Gasteiger partial charge in [0.2, 0.25) is 10.0 Å². The topological polar surface area (TPSA) is 87.2 Å². The summed E-state index contributed by atoms with van der Waals surface area (Å²) in [4.78, 5) is 14.2. The van der Waals surface area contributed by atoms with Gasteiger partial charge in [0.05, 0.1) is 27.6 Å². The Morgan fingerprint density at radius 3 is 2.29 bits per heavy atom. The third kappa shape index (κ3) is 4.05. The molecule has 1 N–H and O–H groups in total. The van der Waals surface area contributed by atoms with Crippen LogP contribution in [0.15, 0.2) is 41.3 Å². The summed E-state index contributed by atoms with van der Waals surface area (Å²) in [5.41, 5.74) is 0.140. The molecule has 0 bridgehead atoms. The summed E-state index contributed by atoms with van der Waals surface area (Å²) in [6, 6.07) is 8.57. The van der Waals surface area contributed by atoms with E-state index in [0.717, 1.165) is 0 Å². The van der Waals surface area contributed by atoms with E-state index < -0.39 is 10.0 Å². The number of nitrogens with zero attached hydrogens (tertiary/aromatic N) is 2. The van der Waals surface area contributed by atoms with Crippen molar-refractivity contribution in [2.24, 2.45) is 0 Å². The van der Waals surface area contributed by atoms with Crippen molar-refractivity contribution in [1.82, 2.24) is 9.21 Å². The second-order valence-electron chi connectivity index (χ2n) is 6.16. The zero-order chi connectivity index (χ0) is 20.5. The molecule has 3 rings (SSSR count). The maximum absolute atomic E-state index is 12.8. The first-order valence-electron chi connectivity index (χ1n) is 8.35. The molecule has 0 atom stereocenters. The Bertz CT molecular complexity index is 1010. The van der Waals surface area contributed by atoms with Crippen LogP contribution in [0.3, 0.4) is 0 Å². The van der Waals surface area contributed by atoms with E-state index in [2.05, 4.69) is 0 Å². The van der Waals surface area contributed by atoms with E-state index in [1.165, 1.54) is 46.6 Å². The van der Waals surface area contributed by atoms with Crippen LogP contribution < -0.4 is 4.74 Å². The minimum absolute atomic E-state index is 0.0504. The summed E-state index contributed by atoms with van der Waals surface area (Å²) in [5.74, 6) is -0.117. The highest BCUT2D eigenvalue weighted by atomic mass is 35.5.